The number of nitrogens with zero attached hydrogens (tertiary/aromatic N) is 2. The van der Waals surface area contributed by atoms with Gasteiger partial charge in [-0.2, -0.15) is 0 Å². The van der Waals surface area contributed by atoms with Crippen LogP contribution in [-0.4, -0.2) is 9.97 Å². The van der Waals surface area contributed by atoms with Crippen molar-refractivity contribution in [3.63, 3.8) is 0 Å². The number of fused-ring (bicyclic) bond motifs is 4. The highest BCUT2D eigenvalue weighted by Crippen LogP contribution is 2.43. The minimum Gasteiger partial charge on any atom is -0.455 e. The Bertz CT molecular complexity index is 1560. The number of benzene rings is 3. The van der Waals surface area contributed by atoms with Crippen LogP contribution in [0.15, 0.2) is 63.8 Å². The fourth-order valence-electron chi connectivity index (χ4n) is 4.44. The lowest BCUT2D eigenvalue weighted by Crippen LogP contribution is -2.08. The van der Waals surface area contributed by atoms with Gasteiger partial charge in [-0.25, -0.2) is 9.97 Å². The topological polar surface area (TPSA) is 52.1 Å². The van der Waals surface area contributed by atoms with Crippen molar-refractivity contribution in [3.05, 3.63) is 60.6 Å². The van der Waals surface area contributed by atoms with Crippen LogP contribution >= 0.6 is 0 Å². The summed E-state index contributed by atoms with van der Waals surface area (Å²) >= 11 is 0. The molecule has 0 bridgehead atoms. The molecule has 0 atom stereocenters. The van der Waals surface area contributed by atoms with E-state index >= 15 is 0 Å². The van der Waals surface area contributed by atoms with Gasteiger partial charge >= 0.3 is 0 Å². The number of hydrogen-bond acceptors (Lipinski definition) is 4. The van der Waals surface area contributed by atoms with Crippen LogP contribution in [0, 0.1) is 5.41 Å². The molecule has 0 fully saturated rings. The maximum atomic E-state index is 6.47. The molecule has 0 saturated heterocycles. The second-order valence-corrected chi connectivity index (χ2v) is 8.99. The summed E-state index contributed by atoms with van der Waals surface area (Å²) in [6.45, 7) is 6.72. The van der Waals surface area contributed by atoms with E-state index in [1.54, 1.807) is 12.5 Å². The first kappa shape index (κ1) is 16.5. The maximum absolute atomic E-state index is 6.47. The molecule has 0 saturated carbocycles. The van der Waals surface area contributed by atoms with E-state index in [4.69, 9.17) is 8.83 Å². The van der Waals surface area contributed by atoms with Crippen molar-refractivity contribution in [2.24, 2.45) is 5.41 Å². The van der Waals surface area contributed by atoms with Crippen LogP contribution in [0.4, 0.5) is 0 Å². The summed E-state index contributed by atoms with van der Waals surface area (Å²) in [7, 11) is 0. The molecule has 0 spiro atoms. The lowest BCUT2D eigenvalue weighted by atomic mass is 9.88. The van der Waals surface area contributed by atoms with E-state index in [2.05, 4.69) is 61.1 Å². The van der Waals surface area contributed by atoms with E-state index in [1.165, 1.54) is 5.56 Å². The van der Waals surface area contributed by atoms with Gasteiger partial charge in [-0.3, -0.25) is 0 Å². The van der Waals surface area contributed by atoms with Crippen molar-refractivity contribution in [2.75, 3.05) is 0 Å². The summed E-state index contributed by atoms with van der Waals surface area (Å²) in [5.41, 5.74) is 5.39. The Morgan fingerprint density at radius 3 is 2.48 bits per heavy atom. The van der Waals surface area contributed by atoms with E-state index in [9.17, 15) is 0 Å². The molecule has 142 valence electrons. The summed E-state index contributed by atoms with van der Waals surface area (Å²) in [5, 5.41) is 5.32. The molecule has 6 rings (SSSR count). The number of aromatic nitrogens is 2. The Morgan fingerprint density at radius 1 is 0.862 bits per heavy atom. The molecule has 0 radical (unpaired) electrons. The van der Waals surface area contributed by atoms with Crippen molar-refractivity contribution in [1.29, 1.82) is 0 Å². The Hall–Kier alpha value is -3.40. The predicted molar refractivity (Wildman–Crippen MR) is 117 cm³/mol. The Labute approximate surface area is 167 Å². The molecule has 29 heavy (non-hydrogen) atoms. The van der Waals surface area contributed by atoms with Gasteiger partial charge in [0.25, 0.3) is 0 Å². The van der Waals surface area contributed by atoms with Gasteiger partial charge in [0.2, 0.25) is 0 Å². The molecule has 3 aromatic carbocycles. The SMILES string of the molecule is CC(C)(C)Cc1cc2oc3cncnc3c3cc4ccccc4c4oc(c1)c2c34. The molecule has 0 unspecified atom stereocenters. The van der Waals surface area contributed by atoms with E-state index in [1.807, 2.05) is 12.1 Å². The minimum absolute atomic E-state index is 0.163. The quantitative estimate of drug-likeness (QED) is 0.308. The standard InChI is InChI=1S/C25H20N2O2/c1-25(2,3)11-14-8-18-22-19(9-14)29-24-16-7-5-4-6-15(16)10-17(21(22)24)23-20(28-18)12-26-13-27-23/h4-10,12-13H,11H2,1-3H3. The summed E-state index contributed by atoms with van der Waals surface area (Å²) in [6, 6.07) is 14.8. The molecule has 0 aliphatic carbocycles. The third-order valence-electron chi connectivity index (χ3n) is 5.48. The van der Waals surface area contributed by atoms with E-state index in [0.29, 0.717) is 5.58 Å². The molecule has 0 amide bonds. The molecular formula is C25H20N2O2. The normalized spacial score (nSPS) is 12.8. The zero-order valence-corrected chi connectivity index (χ0v) is 16.6. The van der Waals surface area contributed by atoms with E-state index in [-0.39, 0.29) is 5.41 Å². The third kappa shape index (κ3) is 2.45. The average molecular weight is 380 g/mol. The van der Waals surface area contributed by atoms with Crippen molar-refractivity contribution in [1.82, 2.24) is 9.97 Å². The molecule has 3 aromatic heterocycles. The van der Waals surface area contributed by atoms with Gasteiger partial charge in [-0.05, 0) is 41.0 Å². The van der Waals surface area contributed by atoms with Crippen molar-refractivity contribution < 1.29 is 8.83 Å². The van der Waals surface area contributed by atoms with Gasteiger partial charge in [0.15, 0.2) is 5.58 Å². The van der Waals surface area contributed by atoms with E-state index in [0.717, 1.165) is 55.6 Å². The molecule has 4 nitrogen and oxygen atoms in total. The van der Waals surface area contributed by atoms with Crippen LogP contribution in [0.5, 0.6) is 0 Å². The van der Waals surface area contributed by atoms with Crippen LogP contribution in [0.2, 0.25) is 0 Å². The first-order valence-corrected chi connectivity index (χ1v) is 9.87. The van der Waals surface area contributed by atoms with Crippen LogP contribution in [0.1, 0.15) is 26.3 Å². The van der Waals surface area contributed by atoms with Gasteiger partial charge in [0, 0.05) is 16.2 Å². The first-order chi connectivity index (χ1) is 14.0. The monoisotopic (exact) mass is 380 g/mol. The smallest absolute Gasteiger partial charge is 0.172 e. The second kappa shape index (κ2) is 5.57. The maximum Gasteiger partial charge on any atom is 0.172 e. The molecule has 0 N–H and O–H groups in total. The minimum atomic E-state index is 0.163. The van der Waals surface area contributed by atoms with Crippen LogP contribution < -0.4 is 0 Å². The number of rotatable bonds is 1. The third-order valence-corrected chi connectivity index (χ3v) is 5.48. The summed E-state index contributed by atoms with van der Waals surface area (Å²) in [5.74, 6) is 0. The summed E-state index contributed by atoms with van der Waals surface area (Å²) < 4.78 is 12.8. The van der Waals surface area contributed by atoms with Crippen LogP contribution in [0.3, 0.4) is 0 Å². The zero-order chi connectivity index (χ0) is 19.8. The van der Waals surface area contributed by atoms with Crippen molar-refractivity contribution in [3.8, 4) is 0 Å². The Morgan fingerprint density at radius 2 is 1.66 bits per heavy atom. The summed E-state index contributed by atoms with van der Waals surface area (Å²) in [6.07, 6.45) is 4.25. The number of hydrogen-bond donors (Lipinski definition) is 0. The first-order valence-electron chi connectivity index (χ1n) is 9.87. The van der Waals surface area contributed by atoms with Crippen molar-refractivity contribution in [2.45, 2.75) is 27.2 Å². The lowest BCUT2D eigenvalue weighted by molar-refractivity contribution is 0.411. The van der Waals surface area contributed by atoms with Gasteiger partial charge in [0.1, 0.15) is 28.6 Å². The molecule has 0 aliphatic heterocycles. The van der Waals surface area contributed by atoms with E-state index < -0.39 is 0 Å². The van der Waals surface area contributed by atoms with Gasteiger partial charge in [0.05, 0.1) is 11.6 Å². The highest BCUT2D eigenvalue weighted by atomic mass is 16.3. The second-order valence-electron chi connectivity index (χ2n) is 8.99. The van der Waals surface area contributed by atoms with Gasteiger partial charge in [-0.1, -0.05) is 45.0 Å². The highest BCUT2D eigenvalue weighted by Gasteiger charge is 2.21. The Balaban J connectivity index is 1.91. The average Bonchev–Trinajstić information content (AvgIpc) is 2.99. The van der Waals surface area contributed by atoms with Crippen LogP contribution in [-0.2, 0) is 6.42 Å². The number of furan rings is 1. The fourth-order valence-corrected chi connectivity index (χ4v) is 4.44. The Kier molecular flexibility index (Phi) is 3.18. The predicted octanol–water partition coefficient (Wildman–Crippen LogP) is 7.02. The highest BCUT2D eigenvalue weighted by molar-refractivity contribution is 6.29. The lowest BCUT2D eigenvalue weighted by Gasteiger charge is -2.17. The molecule has 3 heterocycles. The summed E-state index contributed by atoms with van der Waals surface area (Å²) in [4.78, 5) is 8.76. The fraction of sp³-hybridized carbons (Fsp3) is 0.200. The molecular weight excluding hydrogens is 360 g/mol. The largest absolute Gasteiger partial charge is 0.455 e. The van der Waals surface area contributed by atoms with Gasteiger partial charge in [-0.15, -0.1) is 0 Å². The molecule has 0 aliphatic rings. The zero-order valence-electron chi connectivity index (χ0n) is 16.6. The van der Waals surface area contributed by atoms with Crippen molar-refractivity contribution >= 4 is 54.8 Å². The van der Waals surface area contributed by atoms with Crippen LogP contribution in [0.25, 0.3) is 54.8 Å². The van der Waals surface area contributed by atoms with Gasteiger partial charge < -0.3 is 8.83 Å². The molecule has 4 heteroatoms. The molecule has 6 aromatic rings.